The Morgan fingerprint density at radius 2 is 0.758 bits per heavy atom. The van der Waals surface area contributed by atoms with E-state index in [1.54, 1.807) is 6.51 Å². The third-order valence-corrected chi connectivity index (χ3v) is 10.1. The molecule has 4 aliphatic rings. The summed E-state index contributed by atoms with van der Waals surface area (Å²) in [6.07, 6.45) is 22.1. The van der Waals surface area contributed by atoms with Crippen LogP contribution in [0.4, 0.5) is 0 Å². The summed E-state index contributed by atoms with van der Waals surface area (Å²) in [5.74, 6) is 0. The van der Waals surface area contributed by atoms with Gasteiger partial charge >= 0.3 is 82.0 Å². The van der Waals surface area contributed by atoms with E-state index in [0.717, 1.165) is 25.7 Å². The SMILES string of the molecule is CC(C)(C)c1[c-]c2c(cc1)-c1ccc(C(C)(C)C)cc1C2.CC(C)(C)c1[c-]c2c(cc1)-c1ccc(C(C)(C)C)cc1C2.C[C](C)=[Hf+2].C[C](C)=[Hf+2].[C-]1=CC=CC1.[C-]1=CC=CC1.[Cl-].[Cl-]. The van der Waals surface area contributed by atoms with Gasteiger partial charge in [-0.15, -0.1) is 35.1 Å². The molecule has 0 saturated heterocycles. The van der Waals surface area contributed by atoms with Crippen LogP contribution in [0.25, 0.3) is 22.3 Å². The first-order valence-electron chi connectivity index (χ1n) is 21.6. The summed E-state index contributed by atoms with van der Waals surface area (Å²) < 4.78 is 3.11. The van der Waals surface area contributed by atoms with E-state index < -0.39 is 0 Å². The van der Waals surface area contributed by atoms with E-state index >= 15 is 0 Å². The Hall–Kier alpha value is -2.10. The maximum absolute atomic E-state index is 3.67. The Kier molecular flexibility index (Phi) is 23.9. The molecule has 0 radical (unpaired) electrons. The molecule has 0 spiro atoms. The van der Waals surface area contributed by atoms with Crippen LogP contribution >= 0.6 is 0 Å². The average Bonchev–Trinajstić information content (AvgIpc) is 3.97. The topological polar surface area (TPSA) is 0 Å². The van der Waals surface area contributed by atoms with Crippen molar-refractivity contribution in [1.29, 1.82) is 0 Å². The molecule has 4 aliphatic carbocycles. The van der Waals surface area contributed by atoms with E-state index in [2.05, 4.69) is 208 Å². The van der Waals surface area contributed by atoms with Crippen LogP contribution in [0.3, 0.4) is 0 Å². The minimum atomic E-state index is 0. The molecule has 0 atom stereocenters. The third-order valence-electron chi connectivity index (χ3n) is 10.1. The van der Waals surface area contributed by atoms with Gasteiger partial charge in [0.25, 0.3) is 0 Å². The summed E-state index contributed by atoms with van der Waals surface area (Å²) in [5, 5.41) is 0. The Morgan fingerprint density at radius 1 is 0.452 bits per heavy atom. The second-order valence-corrected chi connectivity index (χ2v) is 27.8. The van der Waals surface area contributed by atoms with Crippen molar-refractivity contribution in [3.05, 3.63) is 166 Å². The van der Waals surface area contributed by atoms with E-state index in [1.807, 2.05) is 24.3 Å². The van der Waals surface area contributed by atoms with Crippen LogP contribution in [0.1, 0.15) is 168 Å². The van der Waals surface area contributed by atoms with Crippen molar-refractivity contribution >= 4 is 6.51 Å². The van der Waals surface area contributed by atoms with Gasteiger partial charge in [0.2, 0.25) is 0 Å². The fraction of sp³-hybridized carbons (Fsp3) is 0.414. The zero-order chi connectivity index (χ0) is 45.1. The molecule has 0 N–H and O–H groups in total. The van der Waals surface area contributed by atoms with Crippen LogP contribution in [0, 0.1) is 24.3 Å². The molecule has 62 heavy (non-hydrogen) atoms. The fourth-order valence-electron chi connectivity index (χ4n) is 6.74. The van der Waals surface area contributed by atoms with Crippen molar-refractivity contribution in [2.24, 2.45) is 0 Å². The zero-order valence-electron chi connectivity index (χ0n) is 40.8. The number of rotatable bonds is 0. The minimum absolute atomic E-state index is 0. The first-order valence-corrected chi connectivity index (χ1v) is 25.2. The van der Waals surface area contributed by atoms with Gasteiger partial charge in [-0.25, -0.2) is 24.3 Å². The molecule has 0 fully saturated rings. The van der Waals surface area contributed by atoms with Gasteiger partial charge in [0, 0.05) is 0 Å². The maximum atomic E-state index is 3.67. The molecule has 0 amide bonds. The molecule has 0 aromatic heterocycles. The largest absolute Gasteiger partial charge is 1.00 e. The summed E-state index contributed by atoms with van der Waals surface area (Å²) in [6, 6.07) is 30.3. The first kappa shape index (κ1) is 57.9. The monoisotopic (exact) mass is 1200 g/mol. The summed E-state index contributed by atoms with van der Waals surface area (Å²) in [5.41, 5.74) is 17.4. The number of fused-ring (bicyclic) bond motifs is 6. The molecule has 0 saturated carbocycles. The van der Waals surface area contributed by atoms with Gasteiger partial charge in [-0.1, -0.05) is 131 Å². The Labute approximate surface area is 421 Å². The molecule has 0 bridgehead atoms. The Morgan fingerprint density at radius 3 is 0.984 bits per heavy atom. The molecule has 0 heterocycles. The third kappa shape index (κ3) is 18.8. The summed E-state index contributed by atoms with van der Waals surface area (Å²) in [7, 11) is 0. The molecule has 4 heteroatoms. The molecular weight excluding hydrogens is 1120 g/mol. The van der Waals surface area contributed by atoms with E-state index in [4.69, 9.17) is 0 Å². The molecule has 328 valence electrons. The van der Waals surface area contributed by atoms with Crippen molar-refractivity contribution in [1.82, 2.24) is 0 Å². The minimum Gasteiger partial charge on any atom is -1.00 e. The van der Waals surface area contributed by atoms with Crippen LogP contribution in [-0.2, 0) is 82.3 Å². The predicted molar refractivity (Wildman–Crippen MR) is 258 cm³/mol. The Bertz CT molecular complexity index is 1910. The number of halogens is 2. The second-order valence-electron chi connectivity index (χ2n) is 20.6. The Balaban J connectivity index is 0.000000434. The van der Waals surface area contributed by atoms with Gasteiger partial charge < -0.3 is 24.8 Å². The summed E-state index contributed by atoms with van der Waals surface area (Å²) in [6.45, 7) is 35.8. The van der Waals surface area contributed by atoms with Crippen molar-refractivity contribution in [2.45, 2.75) is 158 Å². The van der Waals surface area contributed by atoms with Crippen molar-refractivity contribution in [3.8, 4) is 22.3 Å². The standard InChI is InChI=1S/2C21H25.2C5H5.2C3H6.2ClH.2Hf/c2*1-20(2,3)16-7-9-18-14(12-16)11-15-13-17(21(4,5)6)8-10-19(15)18;2*1-2-4-5-3-1;2*1-3-2;;;;/h2*7-10,12H,11H2,1-6H3;2*1-3H,4H2;2*1-2H3;2*1H;;/q4*-1;;;;;2*+2/p-2. The molecule has 0 nitrogen and oxygen atoms in total. The van der Waals surface area contributed by atoms with E-state index in [1.165, 1.54) is 115 Å². The summed E-state index contributed by atoms with van der Waals surface area (Å²) >= 11 is 2.53. The van der Waals surface area contributed by atoms with Crippen LogP contribution in [0.5, 0.6) is 0 Å². The zero-order valence-corrected chi connectivity index (χ0v) is 49.5. The fourth-order valence-corrected chi connectivity index (χ4v) is 6.74. The number of allylic oxidation sites excluding steroid dienone is 8. The van der Waals surface area contributed by atoms with Crippen molar-refractivity contribution in [2.75, 3.05) is 0 Å². The average molecular weight is 1200 g/mol. The summed E-state index contributed by atoms with van der Waals surface area (Å²) in [4.78, 5) is 0. The number of benzene rings is 4. The smallest absolute Gasteiger partial charge is 0.109 e. The first-order chi connectivity index (χ1) is 27.8. The molecule has 4 aromatic rings. The molecule has 0 aliphatic heterocycles. The van der Waals surface area contributed by atoms with E-state index in [9.17, 15) is 0 Å². The van der Waals surface area contributed by atoms with Crippen LogP contribution in [0.15, 0.2) is 97.1 Å². The van der Waals surface area contributed by atoms with Crippen LogP contribution in [-0.4, -0.2) is 6.51 Å². The number of hydrogen-bond acceptors (Lipinski definition) is 0. The van der Waals surface area contributed by atoms with Gasteiger partial charge in [0.1, 0.15) is 0 Å². The van der Waals surface area contributed by atoms with Gasteiger partial charge in [-0.05, 0) is 56.8 Å². The normalized spacial score (nSPS) is 13.2. The van der Waals surface area contributed by atoms with E-state index in [0.29, 0.717) is 0 Å². The molecule has 4 aromatic carbocycles. The van der Waals surface area contributed by atoms with Crippen molar-refractivity contribution in [3.63, 3.8) is 0 Å². The van der Waals surface area contributed by atoms with Gasteiger partial charge in [-0.2, -0.15) is 59.7 Å². The predicted octanol–water partition coefficient (Wildman–Crippen LogP) is 9.42. The van der Waals surface area contributed by atoms with Gasteiger partial charge in [-0.3, -0.25) is 12.2 Å². The quantitative estimate of drug-likeness (QED) is 0.105. The van der Waals surface area contributed by atoms with Gasteiger partial charge in [0.15, 0.2) is 0 Å². The maximum Gasteiger partial charge on any atom is -0.109 e. The second kappa shape index (κ2) is 25.6. The molecule has 8 rings (SSSR count). The van der Waals surface area contributed by atoms with Crippen LogP contribution in [0.2, 0.25) is 0 Å². The molecular formula is C58H72Cl2Hf2-2. The number of hydrogen-bond donors (Lipinski definition) is 0. The van der Waals surface area contributed by atoms with E-state index in [-0.39, 0.29) is 46.5 Å². The van der Waals surface area contributed by atoms with Crippen LogP contribution < -0.4 is 24.8 Å². The molecule has 0 unspecified atom stereocenters. The van der Waals surface area contributed by atoms with Crippen molar-refractivity contribution < 1.29 is 72.6 Å². The van der Waals surface area contributed by atoms with Gasteiger partial charge in [0.05, 0.1) is 0 Å².